The Hall–Kier alpha value is -1.47. The van der Waals surface area contributed by atoms with Gasteiger partial charge >= 0.3 is 0 Å². The average molecular weight is 256 g/mol. The maximum atomic E-state index is 11.7. The molecule has 1 rings (SSSR count). The Bertz CT molecular complexity index is 458. The molecule has 94 valence electrons. The molecule has 0 saturated heterocycles. The summed E-state index contributed by atoms with van der Waals surface area (Å²) < 4.78 is 25.9. The smallest absolute Gasteiger partial charge is 0.242 e. The molecule has 0 aliphatic carbocycles. The molecule has 6 nitrogen and oxygen atoms in total. The first-order valence-corrected chi connectivity index (χ1v) is 6.73. The van der Waals surface area contributed by atoms with Gasteiger partial charge < -0.3 is 5.73 Å². The van der Waals surface area contributed by atoms with Crippen LogP contribution in [0.2, 0.25) is 0 Å². The SMILES string of the molecule is N=C(N)CCCCNS(=O)(=O)c1cccnc1. The molecule has 0 atom stereocenters. The monoisotopic (exact) mass is 256 g/mol. The second-order valence-corrected chi connectivity index (χ2v) is 5.34. The van der Waals surface area contributed by atoms with Crippen LogP contribution in [0.1, 0.15) is 19.3 Å². The van der Waals surface area contributed by atoms with Gasteiger partial charge in [-0.05, 0) is 25.0 Å². The van der Waals surface area contributed by atoms with E-state index in [9.17, 15) is 8.42 Å². The van der Waals surface area contributed by atoms with Gasteiger partial charge in [-0.3, -0.25) is 10.4 Å². The minimum atomic E-state index is -3.46. The van der Waals surface area contributed by atoms with Crippen LogP contribution >= 0.6 is 0 Å². The quantitative estimate of drug-likeness (QED) is 0.374. The van der Waals surface area contributed by atoms with Crippen LogP contribution in [-0.4, -0.2) is 25.8 Å². The van der Waals surface area contributed by atoms with Crippen molar-refractivity contribution in [2.24, 2.45) is 5.73 Å². The molecule has 0 amide bonds. The molecule has 0 fully saturated rings. The topological polar surface area (TPSA) is 109 Å². The maximum Gasteiger partial charge on any atom is 0.242 e. The zero-order chi connectivity index (χ0) is 12.7. The van der Waals surface area contributed by atoms with Crippen LogP contribution < -0.4 is 10.5 Å². The molecule has 7 heteroatoms. The van der Waals surface area contributed by atoms with E-state index in [1.54, 1.807) is 6.07 Å². The van der Waals surface area contributed by atoms with E-state index >= 15 is 0 Å². The van der Waals surface area contributed by atoms with E-state index in [1.165, 1.54) is 18.5 Å². The Labute approximate surface area is 101 Å². The fourth-order valence-corrected chi connectivity index (χ4v) is 2.27. The molecule has 0 aromatic carbocycles. The number of unbranched alkanes of at least 4 members (excludes halogenated alkanes) is 1. The second-order valence-electron chi connectivity index (χ2n) is 3.57. The number of nitrogens with zero attached hydrogens (tertiary/aromatic N) is 1. The Balaban J connectivity index is 2.39. The Morgan fingerprint density at radius 2 is 2.24 bits per heavy atom. The number of amidine groups is 1. The third-order valence-corrected chi connectivity index (χ3v) is 3.56. The van der Waals surface area contributed by atoms with Crippen LogP contribution in [0.5, 0.6) is 0 Å². The summed E-state index contributed by atoms with van der Waals surface area (Å²) in [5.74, 6) is 0.125. The molecular formula is C10H16N4O2S. The summed E-state index contributed by atoms with van der Waals surface area (Å²) in [7, 11) is -3.46. The zero-order valence-electron chi connectivity index (χ0n) is 9.39. The molecule has 0 saturated carbocycles. The number of hydrogen-bond acceptors (Lipinski definition) is 4. The van der Waals surface area contributed by atoms with Crippen molar-refractivity contribution in [3.8, 4) is 0 Å². The van der Waals surface area contributed by atoms with Crippen molar-refractivity contribution in [3.63, 3.8) is 0 Å². The van der Waals surface area contributed by atoms with E-state index in [2.05, 4.69) is 9.71 Å². The number of aromatic nitrogens is 1. The van der Waals surface area contributed by atoms with Crippen molar-refractivity contribution >= 4 is 15.9 Å². The molecule has 0 bridgehead atoms. The first-order valence-electron chi connectivity index (χ1n) is 5.25. The van der Waals surface area contributed by atoms with Crippen molar-refractivity contribution < 1.29 is 8.42 Å². The third kappa shape index (κ3) is 4.92. The number of nitrogens with two attached hydrogens (primary N) is 1. The van der Waals surface area contributed by atoms with Gasteiger partial charge in [-0.25, -0.2) is 13.1 Å². The zero-order valence-corrected chi connectivity index (χ0v) is 10.2. The molecule has 0 aliphatic heterocycles. The lowest BCUT2D eigenvalue weighted by atomic mass is 10.2. The van der Waals surface area contributed by atoms with Crippen LogP contribution in [0.4, 0.5) is 0 Å². The van der Waals surface area contributed by atoms with Gasteiger partial charge in [0.05, 0.1) is 5.84 Å². The van der Waals surface area contributed by atoms with Crippen LogP contribution in [0.15, 0.2) is 29.4 Å². The predicted molar refractivity (Wildman–Crippen MR) is 65.2 cm³/mol. The normalized spacial score (nSPS) is 11.3. The van der Waals surface area contributed by atoms with E-state index in [4.69, 9.17) is 11.1 Å². The summed E-state index contributed by atoms with van der Waals surface area (Å²) >= 11 is 0. The molecular weight excluding hydrogens is 240 g/mol. The molecule has 4 N–H and O–H groups in total. The fourth-order valence-electron chi connectivity index (χ4n) is 1.24. The van der Waals surface area contributed by atoms with Crippen LogP contribution in [-0.2, 0) is 10.0 Å². The average Bonchev–Trinajstić information content (AvgIpc) is 2.29. The number of nitrogens with one attached hydrogen (secondary N) is 2. The van der Waals surface area contributed by atoms with E-state index in [-0.39, 0.29) is 10.7 Å². The van der Waals surface area contributed by atoms with Gasteiger partial charge in [-0.15, -0.1) is 0 Å². The molecule has 1 aromatic heterocycles. The summed E-state index contributed by atoms with van der Waals surface area (Å²) in [6.07, 6.45) is 4.67. The molecule has 1 heterocycles. The number of pyridine rings is 1. The predicted octanol–water partition coefficient (Wildman–Crippen LogP) is 0.466. The van der Waals surface area contributed by atoms with Gasteiger partial charge in [-0.1, -0.05) is 0 Å². The Kier molecular flexibility index (Phi) is 5.05. The highest BCUT2D eigenvalue weighted by Crippen LogP contribution is 2.05. The van der Waals surface area contributed by atoms with E-state index in [1.807, 2.05) is 0 Å². The standard InChI is InChI=1S/C10H16N4O2S/c11-10(12)5-1-2-7-14-17(15,16)9-4-3-6-13-8-9/h3-4,6,8,14H,1-2,5,7H2,(H3,11,12). The van der Waals surface area contributed by atoms with Crippen LogP contribution in [0, 0.1) is 5.41 Å². The highest BCUT2D eigenvalue weighted by atomic mass is 32.2. The highest BCUT2D eigenvalue weighted by molar-refractivity contribution is 7.89. The van der Waals surface area contributed by atoms with E-state index < -0.39 is 10.0 Å². The first-order chi connectivity index (χ1) is 8.02. The summed E-state index contributed by atoms with van der Waals surface area (Å²) in [6.45, 7) is 0.338. The lowest BCUT2D eigenvalue weighted by molar-refractivity contribution is 0.577. The second kappa shape index (κ2) is 6.31. The minimum Gasteiger partial charge on any atom is -0.388 e. The number of hydrogen-bond donors (Lipinski definition) is 3. The van der Waals surface area contributed by atoms with Crippen molar-refractivity contribution in [1.82, 2.24) is 9.71 Å². The summed E-state index contributed by atoms with van der Waals surface area (Å²) in [5.41, 5.74) is 5.19. The van der Waals surface area contributed by atoms with Gasteiger partial charge in [0.1, 0.15) is 4.90 Å². The van der Waals surface area contributed by atoms with Crippen molar-refractivity contribution in [2.75, 3.05) is 6.54 Å². The van der Waals surface area contributed by atoms with Crippen molar-refractivity contribution in [1.29, 1.82) is 5.41 Å². The largest absolute Gasteiger partial charge is 0.388 e. The fraction of sp³-hybridized carbons (Fsp3) is 0.400. The molecule has 0 spiro atoms. The first kappa shape index (κ1) is 13.6. The number of sulfonamides is 1. The van der Waals surface area contributed by atoms with E-state index in [0.29, 0.717) is 25.8 Å². The van der Waals surface area contributed by atoms with Gasteiger partial charge in [-0.2, -0.15) is 0 Å². The third-order valence-electron chi connectivity index (χ3n) is 2.11. The Morgan fingerprint density at radius 3 is 2.82 bits per heavy atom. The number of rotatable bonds is 7. The summed E-state index contributed by atoms with van der Waals surface area (Å²) in [4.78, 5) is 3.91. The van der Waals surface area contributed by atoms with Crippen molar-refractivity contribution in [2.45, 2.75) is 24.2 Å². The summed E-state index contributed by atoms with van der Waals surface area (Å²) in [6, 6.07) is 3.06. The van der Waals surface area contributed by atoms with E-state index in [0.717, 1.165) is 0 Å². The van der Waals surface area contributed by atoms with Gasteiger partial charge in [0.25, 0.3) is 0 Å². The Morgan fingerprint density at radius 1 is 1.47 bits per heavy atom. The molecule has 1 aromatic rings. The summed E-state index contributed by atoms with van der Waals surface area (Å²) in [5, 5.41) is 7.02. The minimum absolute atomic E-state index is 0.125. The molecule has 0 radical (unpaired) electrons. The lowest BCUT2D eigenvalue weighted by Crippen LogP contribution is -2.25. The van der Waals surface area contributed by atoms with Gasteiger partial charge in [0.15, 0.2) is 0 Å². The highest BCUT2D eigenvalue weighted by Gasteiger charge is 2.12. The van der Waals surface area contributed by atoms with Crippen LogP contribution in [0.25, 0.3) is 0 Å². The maximum absolute atomic E-state index is 11.7. The van der Waals surface area contributed by atoms with Gasteiger partial charge in [0, 0.05) is 25.4 Å². The van der Waals surface area contributed by atoms with Gasteiger partial charge in [0.2, 0.25) is 10.0 Å². The lowest BCUT2D eigenvalue weighted by Gasteiger charge is -2.05. The van der Waals surface area contributed by atoms with Crippen molar-refractivity contribution in [3.05, 3.63) is 24.5 Å². The molecule has 0 aliphatic rings. The molecule has 17 heavy (non-hydrogen) atoms. The van der Waals surface area contributed by atoms with Crippen LogP contribution in [0.3, 0.4) is 0 Å². The molecule has 0 unspecified atom stereocenters.